The molecule has 1 N–H and O–H groups in total. The predicted octanol–water partition coefficient (Wildman–Crippen LogP) is 3.12. The summed E-state index contributed by atoms with van der Waals surface area (Å²) in [7, 11) is 0. The molecule has 1 heterocycles. The number of carbonyl (C=O) groups is 1. The maximum atomic E-state index is 13.2. The van der Waals surface area contributed by atoms with Gasteiger partial charge < -0.3 is 14.8 Å². The molecule has 0 aliphatic carbocycles. The molecule has 0 bridgehead atoms. The maximum Gasteiger partial charge on any atom is 0.249 e. The van der Waals surface area contributed by atoms with Gasteiger partial charge in [-0.3, -0.25) is 4.79 Å². The number of rotatable bonds is 6. The fourth-order valence-corrected chi connectivity index (χ4v) is 2.46. The number of halogens is 2. The minimum absolute atomic E-state index is 0.0441. The molecule has 3 atom stereocenters. The van der Waals surface area contributed by atoms with Crippen molar-refractivity contribution in [2.24, 2.45) is 0 Å². The second-order valence-electron chi connectivity index (χ2n) is 5.87. The third-order valence-electron chi connectivity index (χ3n) is 3.98. The minimum Gasteiger partial charge on any atom is -0.376 e. The van der Waals surface area contributed by atoms with E-state index in [9.17, 15) is 13.6 Å². The molecule has 1 saturated heterocycles. The van der Waals surface area contributed by atoms with Crippen molar-refractivity contribution in [1.82, 2.24) is 5.32 Å². The Hall–Kier alpha value is -1.53. The van der Waals surface area contributed by atoms with E-state index in [2.05, 4.69) is 5.32 Å². The molecule has 2 rings (SSSR count). The van der Waals surface area contributed by atoms with E-state index >= 15 is 0 Å². The molecular weight excluding hydrogens is 304 g/mol. The smallest absolute Gasteiger partial charge is 0.249 e. The first-order valence-electron chi connectivity index (χ1n) is 7.96. The third-order valence-corrected chi connectivity index (χ3v) is 3.98. The van der Waals surface area contributed by atoms with Gasteiger partial charge in [-0.1, -0.05) is 6.07 Å². The number of hydrogen-bond acceptors (Lipinski definition) is 3. The van der Waals surface area contributed by atoms with Crippen LogP contribution in [0.4, 0.5) is 8.78 Å². The first-order valence-corrected chi connectivity index (χ1v) is 7.96. The van der Waals surface area contributed by atoms with E-state index in [1.807, 2.05) is 0 Å². The van der Waals surface area contributed by atoms with Gasteiger partial charge >= 0.3 is 0 Å². The first kappa shape index (κ1) is 17.8. The quantitative estimate of drug-likeness (QED) is 0.873. The largest absolute Gasteiger partial charge is 0.376 e. The van der Waals surface area contributed by atoms with Crippen molar-refractivity contribution in [2.75, 3.05) is 13.2 Å². The average molecular weight is 327 g/mol. The van der Waals surface area contributed by atoms with Gasteiger partial charge in [0.05, 0.1) is 18.8 Å². The van der Waals surface area contributed by atoms with E-state index in [1.54, 1.807) is 13.8 Å². The molecule has 6 heteroatoms. The van der Waals surface area contributed by atoms with Gasteiger partial charge in [0.15, 0.2) is 11.6 Å². The van der Waals surface area contributed by atoms with Crippen LogP contribution in [0, 0.1) is 11.6 Å². The van der Waals surface area contributed by atoms with Crippen LogP contribution < -0.4 is 5.32 Å². The summed E-state index contributed by atoms with van der Waals surface area (Å²) in [4.78, 5) is 12.1. The highest BCUT2D eigenvalue weighted by atomic mass is 19.2. The third kappa shape index (κ3) is 5.25. The van der Waals surface area contributed by atoms with Crippen LogP contribution in [0.2, 0.25) is 0 Å². The van der Waals surface area contributed by atoms with Crippen LogP contribution in [-0.2, 0) is 14.3 Å². The lowest BCUT2D eigenvalue weighted by molar-refractivity contribution is -0.136. The highest BCUT2D eigenvalue weighted by Gasteiger charge is 2.20. The number of hydrogen-bond donors (Lipinski definition) is 1. The molecule has 1 aliphatic rings. The van der Waals surface area contributed by atoms with Crippen LogP contribution >= 0.6 is 0 Å². The maximum absolute atomic E-state index is 13.2. The standard InChI is InChI=1S/C17H23F2NO3/c1-11(13-6-7-15(18)16(19)9-13)20-17(21)12(2)23-10-14-5-3-4-8-22-14/h6-7,9,11-12,14H,3-5,8,10H2,1-2H3,(H,20,21)/t11-,12-,14+/m0/s1. The zero-order valence-electron chi connectivity index (χ0n) is 13.5. The molecule has 128 valence electrons. The first-order chi connectivity index (χ1) is 11.0. The van der Waals surface area contributed by atoms with E-state index in [4.69, 9.17) is 9.47 Å². The van der Waals surface area contributed by atoms with Crippen molar-refractivity contribution in [3.8, 4) is 0 Å². The molecule has 0 saturated carbocycles. The highest BCUT2D eigenvalue weighted by molar-refractivity contribution is 5.80. The second kappa shape index (κ2) is 8.36. The molecule has 0 aromatic heterocycles. The van der Waals surface area contributed by atoms with E-state index in [1.165, 1.54) is 6.07 Å². The van der Waals surface area contributed by atoms with Gasteiger partial charge in [-0.15, -0.1) is 0 Å². The van der Waals surface area contributed by atoms with Crippen LogP contribution in [0.15, 0.2) is 18.2 Å². The Morgan fingerprint density at radius 1 is 1.35 bits per heavy atom. The normalized spacial score (nSPS) is 20.8. The van der Waals surface area contributed by atoms with E-state index < -0.39 is 23.8 Å². The van der Waals surface area contributed by atoms with Crippen molar-refractivity contribution < 1.29 is 23.0 Å². The van der Waals surface area contributed by atoms with Crippen molar-refractivity contribution in [3.63, 3.8) is 0 Å². The second-order valence-corrected chi connectivity index (χ2v) is 5.87. The average Bonchev–Trinajstić information content (AvgIpc) is 2.55. The van der Waals surface area contributed by atoms with E-state index in [-0.39, 0.29) is 12.0 Å². The summed E-state index contributed by atoms with van der Waals surface area (Å²) < 4.78 is 37.3. The Balaban J connectivity index is 1.80. The Labute approximate surface area is 135 Å². The molecule has 1 fully saturated rings. The number of nitrogens with one attached hydrogen (secondary N) is 1. The SMILES string of the molecule is C[C@H](OC[C@H]1CCCCO1)C(=O)N[C@@H](C)c1ccc(F)c(F)c1. The Morgan fingerprint density at radius 2 is 2.13 bits per heavy atom. The molecule has 1 aliphatic heterocycles. The number of ether oxygens (including phenoxy) is 2. The molecule has 1 aromatic rings. The summed E-state index contributed by atoms with van der Waals surface area (Å²) >= 11 is 0. The molecule has 0 spiro atoms. The molecular formula is C17H23F2NO3. The molecule has 0 unspecified atom stereocenters. The van der Waals surface area contributed by atoms with Crippen molar-refractivity contribution in [3.05, 3.63) is 35.4 Å². The number of amides is 1. The van der Waals surface area contributed by atoms with Crippen LogP contribution in [-0.4, -0.2) is 31.3 Å². The lowest BCUT2D eigenvalue weighted by atomic mass is 10.1. The topological polar surface area (TPSA) is 47.6 Å². The van der Waals surface area contributed by atoms with Gasteiger partial charge in [-0.2, -0.15) is 0 Å². The van der Waals surface area contributed by atoms with Crippen LogP contribution in [0.1, 0.15) is 44.7 Å². The molecule has 4 nitrogen and oxygen atoms in total. The summed E-state index contributed by atoms with van der Waals surface area (Å²) in [5, 5.41) is 2.74. The van der Waals surface area contributed by atoms with E-state index in [0.717, 1.165) is 38.0 Å². The van der Waals surface area contributed by atoms with Gasteiger partial charge in [-0.25, -0.2) is 8.78 Å². The highest BCUT2D eigenvalue weighted by Crippen LogP contribution is 2.17. The van der Waals surface area contributed by atoms with Crippen LogP contribution in [0.25, 0.3) is 0 Å². The van der Waals surface area contributed by atoms with Crippen molar-refractivity contribution >= 4 is 5.91 Å². The van der Waals surface area contributed by atoms with Crippen molar-refractivity contribution in [1.29, 1.82) is 0 Å². The van der Waals surface area contributed by atoms with Gasteiger partial charge in [0, 0.05) is 6.61 Å². The fourth-order valence-electron chi connectivity index (χ4n) is 2.46. The molecule has 0 radical (unpaired) electrons. The zero-order chi connectivity index (χ0) is 16.8. The van der Waals surface area contributed by atoms with Gasteiger partial charge in [0.25, 0.3) is 0 Å². The fraction of sp³-hybridized carbons (Fsp3) is 0.588. The predicted molar refractivity (Wildman–Crippen MR) is 81.9 cm³/mol. The summed E-state index contributed by atoms with van der Waals surface area (Å²) in [6, 6.07) is 3.15. The monoisotopic (exact) mass is 327 g/mol. The zero-order valence-corrected chi connectivity index (χ0v) is 13.5. The van der Waals surface area contributed by atoms with Crippen LogP contribution in [0.3, 0.4) is 0 Å². The number of benzene rings is 1. The molecule has 1 aromatic carbocycles. The molecule has 1 amide bonds. The lowest BCUT2D eigenvalue weighted by Gasteiger charge is -2.24. The Kier molecular flexibility index (Phi) is 6.47. The summed E-state index contributed by atoms with van der Waals surface area (Å²) in [6.07, 6.45) is 2.54. The lowest BCUT2D eigenvalue weighted by Crippen LogP contribution is -2.38. The van der Waals surface area contributed by atoms with Gasteiger partial charge in [0.2, 0.25) is 5.91 Å². The van der Waals surface area contributed by atoms with Crippen molar-refractivity contribution in [2.45, 2.75) is 51.4 Å². The summed E-state index contributed by atoms with van der Waals surface area (Å²) in [5.74, 6) is -2.13. The number of carbonyl (C=O) groups excluding carboxylic acids is 1. The molecule has 23 heavy (non-hydrogen) atoms. The Bertz CT molecular complexity index is 533. The van der Waals surface area contributed by atoms with Gasteiger partial charge in [-0.05, 0) is 50.8 Å². The Morgan fingerprint density at radius 3 is 2.78 bits per heavy atom. The van der Waals surface area contributed by atoms with Crippen LogP contribution in [0.5, 0.6) is 0 Å². The van der Waals surface area contributed by atoms with Gasteiger partial charge in [0.1, 0.15) is 6.10 Å². The minimum atomic E-state index is -0.928. The summed E-state index contributed by atoms with van der Waals surface area (Å²) in [6.45, 7) is 4.49. The summed E-state index contributed by atoms with van der Waals surface area (Å²) in [5.41, 5.74) is 0.500. The van der Waals surface area contributed by atoms with E-state index in [0.29, 0.717) is 12.2 Å².